The summed E-state index contributed by atoms with van der Waals surface area (Å²) in [5.41, 5.74) is 0.636. The van der Waals surface area contributed by atoms with Crippen molar-refractivity contribution >= 4 is 11.6 Å². The molecule has 1 heterocycles. The molecule has 48 valence electrons. The van der Waals surface area contributed by atoms with Crippen molar-refractivity contribution in [2.24, 2.45) is 0 Å². The molecule has 0 N–H and O–H groups in total. The fourth-order valence-electron chi connectivity index (χ4n) is 0.510. The van der Waals surface area contributed by atoms with Gasteiger partial charge in [-0.2, -0.15) is 0 Å². The normalized spacial score (nSPS) is 9.67. The van der Waals surface area contributed by atoms with Gasteiger partial charge in [0.05, 0.1) is 5.02 Å². The SMILES string of the molecule is Cc1cc(F)c(Cl)cn1. The number of nitrogens with zero attached hydrogens (tertiary/aromatic N) is 1. The van der Waals surface area contributed by atoms with Gasteiger partial charge in [0.2, 0.25) is 0 Å². The van der Waals surface area contributed by atoms with E-state index >= 15 is 0 Å². The van der Waals surface area contributed by atoms with Crippen molar-refractivity contribution in [2.45, 2.75) is 6.92 Å². The quantitative estimate of drug-likeness (QED) is 0.545. The molecule has 0 saturated carbocycles. The fraction of sp³-hybridized carbons (Fsp3) is 0.167. The molecule has 3 heteroatoms. The molecule has 0 saturated heterocycles. The van der Waals surface area contributed by atoms with Crippen LogP contribution in [0.5, 0.6) is 0 Å². The van der Waals surface area contributed by atoms with Gasteiger partial charge in [0.15, 0.2) is 0 Å². The molecule has 1 aromatic heterocycles. The van der Waals surface area contributed by atoms with E-state index in [0.29, 0.717) is 5.69 Å². The average molecular weight is 146 g/mol. The summed E-state index contributed by atoms with van der Waals surface area (Å²) in [5, 5.41) is 0.0700. The zero-order valence-corrected chi connectivity index (χ0v) is 5.61. The van der Waals surface area contributed by atoms with Gasteiger partial charge in [-0.05, 0) is 13.0 Å². The lowest BCUT2D eigenvalue weighted by molar-refractivity contribution is 0.624. The molecule has 0 aromatic carbocycles. The van der Waals surface area contributed by atoms with Crippen LogP contribution in [0.25, 0.3) is 0 Å². The van der Waals surface area contributed by atoms with Crippen LogP contribution in [0.3, 0.4) is 0 Å². The van der Waals surface area contributed by atoms with E-state index < -0.39 is 5.82 Å². The highest BCUT2D eigenvalue weighted by Gasteiger charge is 1.96. The molecule has 0 spiro atoms. The average Bonchev–Trinajstić information content (AvgIpc) is 1.80. The Labute approximate surface area is 57.5 Å². The second-order valence-corrected chi connectivity index (χ2v) is 2.15. The molecule has 0 atom stereocenters. The molecule has 0 unspecified atom stereocenters. The van der Waals surface area contributed by atoms with Gasteiger partial charge in [-0.25, -0.2) is 4.39 Å². The van der Waals surface area contributed by atoms with Crippen molar-refractivity contribution in [3.8, 4) is 0 Å². The van der Waals surface area contributed by atoms with E-state index in [2.05, 4.69) is 4.98 Å². The molecule has 1 nitrogen and oxygen atoms in total. The van der Waals surface area contributed by atoms with E-state index in [9.17, 15) is 4.39 Å². The summed E-state index contributed by atoms with van der Waals surface area (Å²) >= 11 is 5.34. The Kier molecular flexibility index (Phi) is 1.67. The van der Waals surface area contributed by atoms with E-state index in [1.54, 1.807) is 6.92 Å². The van der Waals surface area contributed by atoms with Crippen LogP contribution in [0.4, 0.5) is 4.39 Å². The lowest BCUT2D eigenvalue weighted by Gasteiger charge is -1.92. The standard InChI is InChI=1S/C6H5ClFN/c1-4-2-6(8)5(7)3-9-4/h2-3H,1H3. The Morgan fingerprint density at radius 2 is 2.33 bits per heavy atom. The van der Waals surface area contributed by atoms with Crippen LogP contribution in [-0.4, -0.2) is 4.98 Å². The summed E-state index contributed by atoms with van der Waals surface area (Å²) < 4.78 is 12.4. The number of hydrogen-bond acceptors (Lipinski definition) is 1. The number of aromatic nitrogens is 1. The second kappa shape index (κ2) is 2.31. The molecule has 0 amide bonds. The molecular formula is C6H5ClFN. The van der Waals surface area contributed by atoms with Crippen molar-refractivity contribution in [2.75, 3.05) is 0 Å². The third-order valence-electron chi connectivity index (χ3n) is 0.945. The van der Waals surface area contributed by atoms with Crippen LogP contribution in [0.15, 0.2) is 12.3 Å². The monoisotopic (exact) mass is 145 g/mol. The highest BCUT2D eigenvalue weighted by Crippen LogP contribution is 2.11. The molecule has 0 aliphatic carbocycles. The Morgan fingerprint density at radius 1 is 1.67 bits per heavy atom. The van der Waals surface area contributed by atoms with Crippen molar-refractivity contribution in [3.63, 3.8) is 0 Å². The Balaban J connectivity index is 3.17. The Bertz CT molecular complexity index is 224. The van der Waals surface area contributed by atoms with E-state index in [4.69, 9.17) is 11.6 Å². The molecule has 0 aliphatic heterocycles. The summed E-state index contributed by atoms with van der Waals surface area (Å²) in [6.07, 6.45) is 1.30. The molecule has 9 heavy (non-hydrogen) atoms. The first-order valence-electron chi connectivity index (χ1n) is 2.48. The Hall–Kier alpha value is -0.630. The molecule has 1 rings (SSSR count). The third-order valence-corrected chi connectivity index (χ3v) is 1.22. The smallest absolute Gasteiger partial charge is 0.145 e. The lowest BCUT2D eigenvalue weighted by atomic mass is 10.4. The summed E-state index contributed by atoms with van der Waals surface area (Å²) in [4.78, 5) is 3.77. The van der Waals surface area contributed by atoms with E-state index in [1.165, 1.54) is 12.3 Å². The third kappa shape index (κ3) is 1.39. The van der Waals surface area contributed by atoms with Crippen LogP contribution in [0, 0.1) is 12.7 Å². The number of halogens is 2. The van der Waals surface area contributed by atoms with Crippen LogP contribution in [0.1, 0.15) is 5.69 Å². The summed E-state index contributed by atoms with van der Waals surface area (Å²) in [6.45, 7) is 1.71. The zero-order valence-electron chi connectivity index (χ0n) is 4.86. The van der Waals surface area contributed by atoms with Gasteiger partial charge in [-0.15, -0.1) is 0 Å². The number of hydrogen-bond donors (Lipinski definition) is 0. The highest BCUT2D eigenvalue weighted by molar-refractivity contribution is 6.30. The minimum absolute atomic E-state index is 0.0700. The molecule has 0 radical (unpaired) electrons. The van der Waals surface area contributed by atoms with E-state index in [0.717, 1.165) is 0 Å². The summed E-state index contributed by atoms with van der Waals surface area (Å²) in [7, 11) is 0. The maximum absolute atomic E-state index is 12.4. The minimum atomic E-state index is -0.413. The van der Waals surface area contributed by atoms with Crippen molar-refractivity contribution in [1.82, 2.24) is 4.98 Å². The van der Waals surface area contributed by atoms with E-state index in [-0.39, 0.29) is 5.02 Å². The Morgan fingerprint density at radius 3 is 2.78 bits per heavy atom. The van der Waals surface area contributed by atoms with Crippen molar-refractivity contribution in [1.29, 1.82) is 0 Å². The minimum Gasteiger partial charge on any atom is -0.260 e. The van der Waals surface area contributed by atoms with Gasteiger partial charge in [-0.1, -0.05) is 11.6 Å². The highest BCUT2D eigenvalue weighted by atomic mass is 35.5. The molecule has 0 fully saturated rings. The van der Waals surface area contributed by atoms with Gasteiger partial charge >= 0.3 is 0 Å². The number of aryl methyl sites for hydroxylation is 1. The van der Waals surface area contributed by atoms with Gasteiger partial charge < -0.3 is 0 Å². The first kappa shape index (κ1) is 6.49. The zero-order chi connectivity index (χ0) is 6.85. The molecule has 0 bridgehead atoms. The molecule has 0 aliphatic rings. The predicted molar refractivity (Wildman–Crippen MR) is 33.9 cm³/mol. The van der Waals surface area contributed by atoms with Gasteiger partial charge in [0.1, 0.15) is 5.82 Å². The largest absolute Gasteiger partial charge is 0.260 e. The van der Waals surface area contributed by atoms with Crippen LogP contribution < -0.4 is 0 Å². The predicted octanol–water partition coefficient (Wildman–Crippen LogP) is 2.18. The maximum atomic E-state index is 12.4. The fourth-order valence-corrected chi connectivity index (χ4v) is 0.613. The van der Waals surface area contributed by atoms with Crippen LogP contribution >= 0.6 is 11.6 Å². The first-order chi connectivity index (χ1) is 4.20. The summed E-state index contributed by atoms with van der Waals surface area (Å²) in [6, 6.07) is 1.29. The van der Waals surface area contributed by atoms with E-state index in [1.807, 2.05) is 0 Å². The summed E-state index contributed by atoms with van der Waals surface area (Å²) in [5.74, 6) is -0.413. The lowest BCUT2D eigenvalue weighted by Crippen LogP contribution is -1.82. The van der Waals surface area contributed by atoms with Gasteiger partial charge in [0.25, 0.3) is 0 Å². The van der Waals surface area contributed by atoms with Gasteiger partial charge in [0, 0.05) is 11.9 Å². The van der Waals surface area contributed by atoms with Crippen LogP contribution in [0.2, 0.25) is 5.02 Å². The molecule has 1 aromatic rings. The maximum Gasteiger partial charge on any atom is 0.145 e. The topological polar surface area (TPSA) is 12.9 Å². The van der Waals surface area contributed by atoms with Crippen LogP contribution in [-0.2, 0) is 0 Å². The second-order valence-electron chi connectivity index (χ2n) is 1.74. The number of pyridine rings is 1. The molecular weight excluding hydrogens is 141 g/mol. The first-order valence-corrected chi connectivity index (χ1v) is 2.85. The van der Waals surface area contributed by atoms with Crippen molar-refractivity contribution in [3.05, 3.63) is 28.8 Å². The number of rotatable bonds is 0. The van der Waals surface area contributed by atoms with Gasteiger partial charge in [-0.3, -0.25) is 4.98 Å². The van der Waals surface area contributed by atoms with Crippen molar-refractivity contribution < 1.29 is 4.39 Å².